The summed E-state index contributed by atoms with van der Waals surface area (Å²) in [6.07, 6.45) is 0.655. The third kappa shape index (κ3) is 2.39. The van der Waals surface area contributed by atoms with Gasteiger partial charge in [-0.25, -0.2) is 4.79 Å². The second-order valence-electron chi connectivity index (χ2n) is 5.99. The summed E-state index contributed by atoms with van der Waals surface area (Å²) in [5, 5.41) is 3.58. The summed E-state index contributed by atoms with van der Waals surface area (Å²) >= 11 is 0. The fraction of sp³-hybridized carbons (Fsp3) is 0.158. The summed E-state index contributed by atoms with van der Waals surface area (Å²) in [5.41, 5.74) is 8.21. The van der Waals surface area contributed by atoms with Crippen LogP contribution >= 0.6 is 0 Å². The molecular formula is C19H16N2O3. The molecule has 0 saturated carbocycles. The average Bonchev–Trinajstić information content (AvgIpc) is 2.90. The van der Waals surface area contributed by atoms with Gasteiger partial charge in [0.1, 0.15) is 11.1 Å². The lowest BCUT2D eigenvalue weighted by molar-refractivity contribution is 0.0930. The molecule has 2 atom stereocenters. The van der Waals surface area contributed by atoms with Crippen LogP contribution in [0.3, 0.4) is 0 Å². The highest BCUT2D eigenvalue weighted by atomic mass is 16.4. The van der Waals surface area contributed by atoms with Gasteiger partial charge in [-0.15, -0.1) is 0 Å². The quantitative estimate of drug-likeness (QED) is 0.709. The summed E-state index contributed by atoms with van der Waals surface area (Å²) in [5.74, 6) is -0.456. The van der Waals surface area contributed by atoms with Crippen LogP contribution < -0.4 is 16.7 Å². The second-order valence-corrected chi connectivity index (χ2v) is 5.99. The van der Waals surface area contributed by atoms with Crippen LogP contribution in [0.1, 0.15) is 27.5 Å². The Bertz CT molecular complexity index is 993. The average molecular weight is 320 g/mol. The molecule has 1 heterocycles. The summed E-state index contributed by atoms with van der Waals surface area (Å²) in [6.45, 7) is 0. The molecular weight excluding hydrogens is 304 g/mol. The van der Waals surface area contributed by atoms with Gasteiger partial charge in [-0.05, 0) is 29.7 Å². The van der Waals surface area contributed by atoms with E-state index >= 15 is 0 Å². The molecule has 0 aliphatic heterocycles. The number of para-hydroxylation sites is 1. The Morgan fingerprint density at radius 2 is 1.88 bits per heavy atom. The van der Waals surface area contributed by atoms with E-state index in [0.29, 0.717) is 17.4 Å². The van der Waals surface area contributed by atoms with Gasteiger partial charge in [0.05, 0.1) is 12.1 Å². The zero-order valence-electron chi connectivity index (χ0n) is 12.9. The van der Waals surface area contributed by atoms with Crippen LogP contribution in [-0.2, 0) is 6.42 Å². The van der Waals surface area contributed by atoms with Crippen LogP contribution in [0.5, 0.6) is 0 Å². The SMILES string of the molecule is N[C@@H]1c2ccccc2C[C@H]1NC(=O)c1cc2ccccc2oc1=O. The number of hydrogen-bond acceptors (Lipinski definition) is 4. The Morgan fingerprint density at radius 1 is 1.12 bits per heavy atom. The highest BCUT2D eigenvalue weighted by Gasteiger charge is 2.31. The van der Waals surface area contributed by atoms with Crippen LogP contribution in [0.2, 0.25) is 0 Å². The molecule has 1 aliphatic carbocycles. The van der Waals surface area contributed by atoms with Crippen molar-refractivity contribution in [3.63, 3.8) is 0 Å². The van der Waals surface area contributed by atoms with Gasteiger partial charge in [-0.1, -0.05) is 42.5 Å². The Kier molecular flexibility index (Phi) is 3.43. The Balaban J connectivity index is 1.62. The van der Waals surface area contributed by atoms with E-state index in [1.54, 1.807) is 24.3 Å². The molecule has 3 aromatic rings. The minimum absolute atomic E-state index is 0.00291. The van der Waals surface area contributed by atoms with Crippen molar-refractivity contribution in [3.05, 3.63) is 81.7 Å². The summed E-state index contributed by atoms with van der Waals surface area (Å²) in [7, 11) is 0. The van der Waals surface area contributed by atoms with E-state index in [9.17, 15) is 9.59 Å². The van der Waals surface area contributed by atoms with Gasteiger partial charge in [0.15, 0.2) is 0 Å². The van der Waals surface area contributed by atoms with Crippen LogP contribution in [0.15, 0.2) is 63.8 Å². The zero-order valence-corrected chi connectivity index (χ0v) is 12.9. The maximum atomic E-state index is 12.5. The number of rotatable bonds is 2. The molecule has 0 saturated heterocycles. The van der Waals surface area contributed by atoms with Crippen molar-refractivity contribution in [3.8, 4) is 0 Å². The Hall–Kier alpha value is -2.92. The molecule has 24 heavy (non-hydrogen) atoms. The van der Waals surface area contributed by atoms with Crippen molar-refractivity contribution in [2.24, 2.45) is 5.73 Å². The van der Waals surface area contributed by atoms with Crippen LogP contribution in [0.4, 0.5) is 0 Å². The monoisotopic (exact) mass is 320 g/mol. The normalized spacial score (nSPS) is 19.2. The molecule has 1 amide bonds. The van der Waals surface area contributed by atoms with E-state index in [0.717, 1.165) is 11.1 Å². The van der Waals surface area contributed by atoms with Gasteiger partial charge >= 0.3 is 5.63 Å². The number of fused-ring (bicyclic) bond motifs is 2. The number of amides is 1. The van der Waals surface area contributed by atoms with Gasteiger partial charge in [-0.2, -0.15) is 0 Å². The second kappa shape index (κ2) is 5.62. The van der Waals surface area contributed by atoms with Crippen LogP contribution in [0, 0.1) is 0 Å². The predicted octanol–water partition coefficient (Wildman–Crippen LogP) is 2.15. The van der Waals surface area contributed by atoms with Crippen molar-refractivity contribution in [2.45, 2.75) is 18.5 Å². The van der Waals surface area contributed by atoms with Gasteiger partial charge in [0, 0.05) is 5.39 Å². The van der Waals surface area contributed by atoms with Crippen LogP contribution in [0.25, 0.3) is 11.0 Å². The van der Waals surface area contributed by atoms with Gasteiger partial charge in [-0.3, -0.25) is 4.79 Å². The number of benzene rings is 2. The fourth-order valence-corrected chi connectivity index (χ4v) is 3.23. The topological polar surface area (TPSA) is 85.3 Å². The van der Waals surface area contributed by atoms with E-state index in [2.05, 4.69) is 5.32 Å². The first-order valence-electron chi connectivity index (χ1n) is 7.80. The first-order chi connectivity index (χ1) is 11.6. The number of carbonyl (C=O) groups excluding carboxylic acids is 1. The van der Waals surface area contributed by atoms with E-state index in [1.165, 1.54) is 0 Å². The van der Waals surface area contributed by atoms with Gasteiger partial charge in [0.25, 0.3) is 5.91 Å². The molecule has 5 nitrogen and oxygen atoms in total. The molecule has 0 bridgehead atoms. The molecule has 0 radical (unpaired) electrons. The largest absolute Gasteiger partial charge is 0.422 e. The lowest BCUT2D eigenvalue weighted by Gasteiger charge is -2.17. The molecule has 0 unspecified atom stereocenters. The Labute approximate surface area is 138 Å². The van der Waals surface area contributed by atoms with E-state index in [1.807, 2.05) is 30.3 Å². The van der Waals surface area contributed by atoms with Crippen molar-refractivity contribution in [1.29, 1.82) is 0 Å². The van der Waals surface area contributed by atoms with E-state index in [4.69, 9.17) is 10.2 Å². The third-order valence-corrected chi connectivity index (χ3v) is 4.49. The molecule has 120 valence electrons. The van der Waals surface area contributed by atoms with Crippen molar-refractivity contribution >= 4 is 16.9 Å². The maximum absolute atomic E-state index is 12.5. The molecule has 1 aliphatic rings. The number of nitrogens with one attached hydrogen (secondary N) is 1. The first kappa shape index (κ1) is 14.7. The fourth-order valence-electron chi connectivity index (χ4n) is 3.23. The molecule has 1 aromatic heterocycles. The van der Waals surface area contributed by atoms with Crippen molar-refractivity contribution in [1.82, 2.24) is 5.32 Å². The molecule has 4 rings (SSSR count). The summed E-state index contributed by atoms with van der Waals surface area (Å²) in [6, 6.07) is 16.0. The standard InChI is InChI=1S/C19H16N2O3/c20-17-13-7-3-1-5-11(13)10-15(17)21-18(22)14-9-12-6-2-4-8-16(12)24-19(14)23/h1-9,15,17H,10,20H2,(H,21,22)/t15-,17-/m1/s1. The summed E-state index contributed by atoms with van der Waals surface area (Å²) < 4.78 is 5.22. The van der Waals surface area contributed by atoms with Crippen molar-refractivity contribution in [2.75, 3.05) is 0 Å². The van der Waals surface area contributed by atoms with Crippen molar-refractivity contribution < 1.29 is 9.21 Å². The highest BCUT2D eigenvalue weighted by molar-refractivity contribution is 5.96. The molecule has 3 N–H and O–H groups in total. The van der Waals surface area contributed by atoms with Gasteiger partial charge < -0.3 is 15.5 Å². The number of carbonyl (C=O) groups is 1. The van der Waals surface area contributed by atoms with E-state index < -0.39 is 11.5 Å². The highest BCUT2D eigenvalue weighted by Crippen LogP contribution is 2.29. The molecule has 5 heteroatoms. The van der Waals surface area contributed by atoms with Crippen LogP contribution in [-0.4, -0.2) is 11.9 Å². The molecule has 0 fully saturated rings. The minimum Gasteiger partial charge on any atom is -0.422 e. The first-order valence-corrected chi connectivity index (χ1v) is 7.80. The zero-order chi connectivity index (χ0) is 16.7. The number of hydrogen-bond donors (Lipinski definition) is 2. The smallest absolute Gasteiger partial charge is 0.349 e. The molecule has 2 aromatic carbocycles. The Morgan fingerprint density at radius 3 is 2.71 bits per heavy atom. The lowest BCUT2D eigenvalue weighted by Crippen LogP contribution is -2.42. The maximum Gasteiger partial charge on any atom is 0.349 e. The third-order valence-electron chi connectivity index (χ3n) is 4.49. The number of nitrogens with two attached hydrogens (primary N) is 1. The minimum atomic E-state index is -0.643. The summed E-state index contributed by atoms with van der Waals surface area (Å²) in [4.78, 5) is 24.6. The van der Waals surface area contributed by atoms with Gasteiger partial charge in [0.2, 0.25) is 0 Å². The van der Waals surface area contributed by atoms with E-state index in [-0.39, 0.29) is 17.6 Å². The lowest BCUT2D eigenvalue weighted by atomic mass is 10.1. The predicted molar refractivity (Wildman–Crippen MR) is 90.8 cm³/mol. The molecule has 0 spiro atoms.